The number of nitrogens with one attached hydrogen (secondary N) is 2. The summed E-state index contributed by atoms with van der Waals surface area (Å²) in [4.78, 5) is 39.0. The normalized spacial score (nSPS) is 14.1. The summed E-state index contributed by atoms with van der Waals surface area (Å²) < 4.78 is 15.6. The second-order valence-electron chi connectivity index (χ2n) is 7.10. The number of methoxy groups -OCH3 is 1. The minimum absolute atomic E-state index is 0.157. The van der Waals surface area contributed by atoms with Crippen molar-refractivity contribution in [2.75, 3.05) is 26.8 Å². The van der Waals surface area contributed by atoms with Gasteiger partial charge in [-0.1, -0.05) is 5.16 Å². The maximum Gasteiger partial charge on any atom is 0.269 e. The molecule has 1 aliphatic heterocycles. The molecule has 0 radical (unpaired) electrons. The topological polar surface area (TPSA) is 123 Å². The number of amides is 3. The van der Waals surface area contributed by atoms with Gasteiger partial charge in [-0.15, -0.1) is 0 Å². The molecule has 2 heterocycles. The van der Waals surface area contributed by atoms with Crippen molar-refractivity contribution >= 4 is 17.7 Å². The highest BCUT2D eigenvalue weighted by Crippen LogP contribution is 2.28. The Bertz CT molecular complexity index is 949. The van der Waals surface area contributed by atoms with Crippen LogP contribution in [0.1, 0.15) is 46.2 Å². The maximum absolute atomic E-state index is 12.5. The molecule has 2 aromatic rings. The fourth-order valence-corrected chi connectivity index (χ4v) is 3.40. The van der Waals surface area contributed by atoms with Gasteiger partial charge in [0.1, 0.15) is 11.3 Å². The predicted molar refractivity (Wildman–Crippen MR) is 110 cm³/mol. The molecule has 1 aromatic carbocycles. The van der Waals surface area contributed by atoms with Gasteiger partial charge in [0.2, 0.25) is 5.91 Å². The number of carbonyl (C=O) groups is 3. The van der Waals surface area contributed by atoms with E-state index < -0.39 is 5.91 Å². The Labute approximate surface area is 179 Å². The van der Waals surface area contributed by atoms with Crippen LogP contribution in [0.25, 0.3) is 0 Å². The zero-order valence-electron chi connectivity index (χ0n) is 17.8. The van der Waals surface area contributed by atoms with Crippen LogP contribution in [-0.4, -0.2) is 54.6 Å². The molecule has 1 fully saturated rings. The number of hydrazine groups is 1. The van der Waals surface area contributed by atoms with E-state index >= 15 is 0 Å². The predicted octanol–water partition coefficient (Wildman–Crippen LogP) is 1.70. The van der Waals surface area contributed by atoms with Crippen molar-refractivity contribution in [3.05, 3.63) is 41.3 Å². The first-order valence-corrected chi connectivity index (χ1v) is 10.1. The lowest BCUT2D eigenvalue weighted by atomic mass is 9.96. The highest BCUT2D eigenvalue weighted by atomic mass is 16.5. The number of ether oxygens (including phenoxy) is 2. The van der Waals surface area contributed by atoms with Crippen LogP contribution in [0, 0.1) is 12.8 Å². The molecule has 1 saturated heterocycles. The molecule has 10 nitrogen and oxygen atoms in total. The highest BCUT2D eigenvalue weighted by molar-refractivity contribution is 5.96. The molecule has 0 saturated carbocycles. The molecule has 166 valence electrons. The number of likely N-dealkylation sites (tertiary alicyclic amines) is 1. The first-order valence-electron chi connectivity index (χ1n) is 10.1. The molecule has 0 unspecified atom stereocenters. The van der Waals surface area contributed by atoms with Crippen LogP contribution in [-0.2, 0) is 4.79 Å². The monoisotopic (exact) mass is 430 g/mol. The second-order valence-corrected chi connectivity index (χ2v) is 7.10. The van der Waals surface area contributed by atoms with Crippen molar-refractivity contribution in [3.63, 3.8) is 0 Å². The van der Waals surface area contributed by atoms with Crippen LogP contribution in [0.2, 0.25) is 0 Å². The minimum Gasteiger partial charge on any atom is -0.493 e. The lowest BCUT2D eigenvalue weighted by Crippen LogP contribution is -2.48. The third-order valence-electron chi connectivity index (χ3n) is 5.16. The zero-order valence-corrected chi connectivity index (χ0v) is 17.8. The first kappa shape index (κ1) is 22.1. The summed E-state index contributed by atoms with van der Waals surface area (Å²) in [6.45, 7) is 4.88. The van der Waals surface area contributed by atoms with Gasteiger partial charge in [-0.3, -0.25) is 25.2 Å². The summed E-state index contributed by atoms with van der Waals surface area (Å²) in [7, 11) is 1.49. The number of piperidine rings is 1. The molecule has 0 spiro atoms. The standard InChI is InChI=1S/C21H26N4O6/c1-4-30-17-6-5-15(11-18(17)29-3)20(27)24-23-19(26)14-7-9-25(10-8-14)21(28)16-12-22-31-13(16)2/h5-6,11-12,14H,4,7-10H2,1-3H3,(H,23,26)(H,24,27). The molecule has 1 aliphatic rings. The third-order valence-corrected chi connectivity index (χ3v) is 5.16. The van der Waals surface area contributed by atoms with Crippen LogP contribution in [0.3, 0.4) is 0 Å². The van der Waals surface area contributed by atoms with Crippen molar-refractivity contribution in [1.29, 1.82) is 0 Å². The van der Waals surface area contributed by atoms with Gasteiger partial charge in [0, 0.05) is 24.6 Å². The maximum atomic E-state index is 12.5. The van der Waals surface area contributed by atoms with E-state index in [2.05, 4.69) is 16.0 Å². The molecule has 1 aromatic heterocycles. The van der Waals surface area contributed by atoms with Crippen molar-refractivity contribution in [2.24, 2.45) is 5.92 Å². The molecule has 3 amide bonds. The highest BCUT2D eigenvalue weighted by Gasteiger charge is 2.29. The fourth-order valence-electron chi connectivity index (χ4n) is 3.40. The van der Waals surface area contributed by atoms with Crippen LogP contribution < -0.4 is 20.3 Å². The second kappa shape index (κ2) is 9.96. The van der Waals surface area contributed by atoms with Crippen LogP contribution >= 0.6 is 0 Å². The Balaban J connectivity index is 1.50. The number of benzene rings is 1. The van der Waals surface area contributed by atoms with Crippen molar-refractivity contribution in [1.82, 2.24) is 20.9 Å². The summed E-state index contributed by atoms with van der Waals surface area (Å²) in [5.74, 6) is 0.218. The van der Waals surface area contributed by atoms with Crippen molar-refractivity contribution in [2.45, 2.75) is 26.7 Å². The van der Waals surface area contributed by atoms with Gasteiger partial charge in [0.15, 0.2) is 11.5 Å². The number of nitrogens with zero attached hydrogens (tertiary/aromatic N) is 2. The zero-order chi connectivity index (χ0) is 22.4. The number of aromatic nitrogens is 1. The average Bonchev–Trinajstić information content (AvgIpc) is 3.23. The lowest BCUT2D eigenvalue weighted by Gasteiger charge is -2.31. The molecule has 2 N–H and O–H groups in total. The van der Waals surface area contributed by atoms with E-state index in [4.69, 9.17) is 14.0 Å². The van der Waals surface area contributed by atoms with Crippen molar-refractivity contribution < 1.29 is 28.4 Å². The van der Waals surface area contributed by atoms with Crippen molar-refractivity contribution in [3.8, 4) is 11.5 Å². The minimum atomic E-state index is -0.467. The van der Waals surface area contributed by atoms with Crippen LogP contribution in [0.15, 0.2) is 28.9 Å². The van der Waals surface area contributed by atoms with E-state index in [9.17, 15) is 14.4 Å². The summed E-state index contributed by atoms with van der Waals surface area (Å²) >= 11 is 0. The Hall–Kier alpha value is -3.56. The number of rotatable bonds is 6. The van der Waals surface area contributed by atoms with E-state index in [1.807, 2.05) is 6.92 Å². The SMILES string of the molecule is CCOc1ccc(C(=O)NNC(=O)C2CCN(C(=O)c3cnoc3C)CC2)cc1OC. The summed E-state index contributed by atoms with van der Waals surface area (Å²) in [5.41, 5.74) is 5.65. The van der Waals surface area contributed by atoms with Crippen LogP contribution in [0.5, 0.6) is 11.5 Å². The first-order chi connectivity index (χ1) is 14.9. The smallest absolute Gasteiger partial charge is 0.269 e. The molecular formula is C21H26N4O6. The van der Waals surface area contributed by atoms with Gasteiger partial charge in [-0.05, 0) is 44.9 Å². The van der Waals surface area contributed by atoms with Gasteiger partial charge < -0.3 is 18.9 Å². The Morgan fingerprint density at radius 2 is 1.94 bits per heavy atom. The quantitative estimate of drug-likeness (QED) is 0.669. The number of hydrogen-bond donors (Lipinski definition) is 2. The van der Waals surface area contributed by atoms with Crippen LogP contribution in [0.4, 0.5) is 0 Å². The fraction of sp³-hybridized carbons (Fsp3) is 0.429. The summed E-state index contributed by atoms with van der Waals surface area (Å²) in [6.07, 6.45) is 2.39. The molecule has 31 heavy (non-hydrogen) atoms. The van der Waals surface area contributed by atoms with Gasteiger partial charge in [-0.25, -0.2) is 0 Å². The number of aryl methyl sites for hydroxylation is 1. The van der Waals surface area contributed by atoms with E-state index in [0.29, 0.717) is 60.9 Å². The average molecular weight is 430 g/mol. The van der Waals surface area contributed by atoms with Gasteiger partial charge in [-0.2, -0.15) is 0 Å². The molecule has 0 aliphatic carbocycles. The number of hydrogen-bond acceptors (Lipinski definition) is 7. The lowest BCUT2D eigenvalue weighted by molar-refractivity contribution is -0.127. The third kappa shape index (κ3) is 5.14. The van der Waals surface area contributed by atoms with E-state index in [1.54, 1.807) is 30.0 Å². The Morgan fingerprint density at radius 3 is 2.55 bits per heavy atom. The summed E-state index contributed by atoms with van der Waals surface area (Å²) in [6, 6.07) is 4.78. The van der Waals surface area contributed by atoms with E-state index in [1.165, 1.54) is 13.3 Å². The molecule has 0 bridgehead atoms. The molecule has 10 heteroatoms. The largest absolute Gasteiger partial charge is 0.493 e. The van der Waals surface area contributed by atoms with E-state index in [0.717, 1.165) is 0 Å². The molecule has 3 rings (SSSR count). The van der Waals surface area contributed by atoms with Gasteiger partial charge in [0.25, 0.3) is 11.8 Å². The summed E-state index contributed by atoms with van der Waals surface area (Å²) in [5, 5.41) is 3.63. The molecule has 0 atom stereocenters. The Morgan fingerprint density at radius 1 is 1.19 bits per heavy atom. The number of carbonyl (C=O) groups excluding carboxylic acids is 3. The molecular weight excluding hydrogens is 404 g/mol. The van der Waals surface area contributed by atoms with Gasteiger partial charge >= 0.3 is 0 Å². The van der Waals surface area contributed by atoms with E-state index in [-0.39, 0.29) is 17.7 Å². The Kier molecular flexibility index (Phi) is 7.11. The van der Waals surface area contributed by atoms with Gasteiger partial charge in [0.05, 0.1) is 19.9 Å².